The second kappa shape index (κ2) is 9.06. The van der Waals surface area contributed by atoms with Gasteiger partial charge in [0.1, 0.15) is 5.75 Å². The molecule has 2 aromatic rings. The molecule has 2 aromatic carbocycles. The molecule has 0 aliphatic carbocycles. The molecule has 0 saturated heterocycles. The van der Waals surface area contributed by atoms with Gasteiger partial charge in [0.25, 0.3) is 0 Å². The molecule has 0 heterocycles. The first kappa shape index (κ1) is 17.2. The summed E-state index contributed by atoms with van der Waals surface area (Å²) in [5.41, 5.74) is 2.17. The van der Waals surface area contributed by atoms with Crippen molar-refractivity contribution in [1.29, 1.82) is 0 Å². The van der Waals surface area contributed by atoms with Gasteiger partial charge < -0.3 is 15.4 Å². The maximum Gasteiger partial charge on any atom is 0.191 e. The average molecular weight is 332 g/mol. The fraction of sp³-hybridized carbons (Fsp3) is 0.278. The van der Waals surface area contributed by atoms with Gasteiger partial charge in [0.15, 0.2) is 5.96 Å². The number of hydrogen-bond acceptors (Lipinski definition) is 2. The van der Waals surface area contributed by atoms with Gasteiger partial charge in [-0.05, 0) is 36.2 Å². The Labute approximate surface area is 142 Å². The second-order valence-corrected chi connectivity index (χ2v) is 5.36. The molecule has 0 fully saturated rings. The molecule has 0 aliphatic rings. The Bertz CT molecular complexity index is 658. The molecule has 0 radical (unpaired) electrons. The molecule has 0 aliphatic heterocycles. The monoisotopic (exact) mass is 331 g/mol. The lowest BCUT2D eigenvalue weighted by Crippen LogP contribution is -2.36. The van der Waals surface area contributed by atoms with E-state index in [1.54, 1.807) is 7.05 Å². The van der Waals surface area contributed by atoms with Gasteiger partial charge in [-0.25, -0.2) is 0 Å². The van der Waals surface area contributed by atoms with Gasteiger partial charge in [0.05, 0.1) is 6.61 Å². The number of aliphatic imine (C=N–C) groups is 1. The molecule has 2 N–H and O–H groups in total. The molecule has 5 heteroatoms. The molecule has 23 heavy (non-hydrogen) atoms. The lowest BCUT2D eigenvalue weighted by Gasteiger charge is -2.13. The quantitative estimate of drug-likeness (QED) is 0.628. The van der Waals surface area contributed by atoms with Crippen molar-refractivity contribution >= 4 is 17.6 Å². The summed E-state index contributed by atoms with van der Waals surface area (Å²) in [6.07, 6.45) is 0. The van der Waals surface area contributed by atoms with Gasteiger partial charge in [-0.3, -0.25) is 4.99 Å². The minimum absolute atomic E-state index is 0.623. The molecule has 0 bridgehead atoms. The average Bonchev–Trinajstić information content (AvgIpc) is 2.57. The van der Waals surface area contributed by atoms with Crippen LogP contribution in [0.3, 0.4) is 0 Å². The normalized spacial score (nSPS) is 11.2. The van der Waals surface area contributed by atoms with E-state index in [1.807, 2.05) is 49.4 Å². The number of halogens is 1. The number of benzene rings is 2. The van der Waals surface area contributed by atoms with Crippen LogP contribution in [0.15, 0.2) is 53.5 Å². The van der Waals surface area contributed by atoms with E-state index in [4.69, 9.17) is 16.3 Å². The second-order valence-electron chi connectivity index (χ2n) is 4.95. The van der Waals surface area contributed by atoms with Crippen LogP contribution in [0.4, 0.5) is 0 Å². The van der Waals surface area contributed by atoms with Crippen molar-refractivity contribution in [3.8, 4) is 5.75 Å². The highest BCUT2D eigenvalue weighted by atomic mass is 35.5. The lowest BCUT2D eigenvalue weighted by molar-refractivity contribution is 0.340. The van der Waals surface area contributed by atoms with Gasteiger partial charge in [-0.15, -0.1) is 0 Å². The molecule has 122 valence electrons. The first-order valence-corrected chi connectivity index (χ1v) is 8.00. The maximum atomic E-state index is 6.16. The van der Waals surface area contributed by atoms with Crippen LogP contribution in [-0.2, 0) is 13.1 Å². The summed E-state index contributed by atoms with van der Waals surface area (Å²) in [5.74, 6) is 1.61. The minimum atomic E-state index is 0.623. The van der Waals surface area contributed by atoms with Crippen LogP contribution in [0.25, 0.3) is 0 Å². The Morgan fingerprint density at radius 3 is 2.61 bits per heavy atom. The summed E-state index contributed by atoms with van der Waals surface area (Å²) in [5, 5.41) is 7.29. The molecule has 2 rings (SSSR count). The van der Waals surface area contributed by atoms with Crippen molar-refractivity contribution < 1.29 is 4.74 Å². The number of nitrogens with one attached hydrogen (secondary N) is 2. The lowest BCUT2D eigenvalue weighted by atomic mass is 10.2. The van der Waals surface area contributed by atoms with Crippen molar-refractivity contribution in [3.63, 3.8) is 0 Å². The zero-order chi connectivity index (χ0) is 16.5. The first-order valence-electron chi connectivity index (χ1n) is 7.62. The van der Waals surface area contributed by atoms with E-state index in [0.29, 0.717) is 19.7 Å². The Hall–Kier alpha value is -2.20. The van der Waals surface area contributed by atoms with Crippen molar-refractivity contribution in [2.24, 2.45) is 4.99 Å². The maximum absolute atomic E-state index is 6.16. The van der Waals surface area contributed by atoms with Crippen molar-refractivity contribution in [1.82, 2.24) is 10.6 Å². The Balaban J connectivity index is 1.88. The van der Waals surface area contributed by atoms with E-state index >= 15 is 0 Å². The molecule has 4 nitrogen and oxygen atoms in total. The van der Waals surface area contributed by atoms with Gasteiger partial charge >= 0.3 is 0 Å². The SMILES string of the molecule is CCOc1cccc(CNC(=NC)NCc2ccccc2Cl)c1. The van der Waals surface area contributed by atoms with Gasteiger partial charge in [-0.2, -0.15) is 0 Å². The van der Waals surface area contributed by atoms with E-state index in [1.165, 1.54) is 0 Å². The fourth-order valence-electron chi connectivity index (χ4n) is 2.14. The van der Waals surface area contributed by atoms with E-state index in [0.717, 1.165) is 27.9 Å². The van der Waals surface area contributed by atoms with Crippen LogP contribution in [-0.4, -0.2) is 19.6 Å². The highest BCUT2D eigenvalue weighted by molar-refractivity contribution is 6.31. The van der Waals surface area contributed by atoms with Crippen LogP contribution in [0, 0.1) is 0 Å². The van der Waals surface area contributed by atoms with E-state index in [-0.39, 0.29) is 0 Å². The number of rotatable bonds is 6. The number of ether oxygens (including phenoxy) is 1. The van der Waals surface area contributed by atoms with Crippen LogP contribution in [0.5, 0.6) is 5.75 Å². The van der Waals surface area contributed by atoms with Gasteiger partial charge in [-0.1, -0.05) is 41.9 Å². The van der Waals surface area contributed by atoms with E-state index in [2.05, 4.69) is 21.7 Å². The molecule has 0 aromatic heterocycles. The summed E-state index contributed by atoms with van der Waals surface area (Å²) in [6.45, 7) is 3.94. The van der Waals surface area contributed by atoms with Crippen molar-refractivity contribution in [2.45, 2.75) is 20.0 Å². The number of hydrogen-bond donors (Lipinski definition) is 2. The topological polar surface area (TPSA) is 45.6 Å². The molecule has 0 unspecified atom stereocenters. The summed E-state index contributed by atoms with van der Waals surface area (Å²) in [7, 11) is 1.75. The third-order valence-corrected chi connectivity index (χ3v) is 3.67. The van der Waals surface area contributed by atoms with E-state index in [9.17, 15) is 0 Å². The van der Waals surface area contributed by atoms with Crippen molar-refractivity contribution in [2.75, 3.05) is 13.7 Å². The molecule has 0 spiro atoms. The standard InChI is InChI=1S/C18H22ClN3O/c1-3-23-16-9-6-7-14(11-16)12-21-18(20-2)22-13-15-8-4-5-10-17(15)19/h4-11H,3,12-13H2,1-2H3,(H2,20,21,22). The first-order chi connectivity index (χ1) is 11.2. The minimum Gasteiger partial charge on any atom is -0.494 e. The molecule has 0 amide bonds. The zero-order valence-corrected chi connectivity index (χ0v) is 14.2. The highest BCUT2D eigenvalue weighted by Gasteiger charge is 2.02. The Morgan fingerprint density at radius 1 is 1.09 bits per heavy atom. The van der Waals surface area contributed by atoms with Crippen LogP contribution < -0.4 is 15.4 Å². The van der Waals surface area contributed by atoms with Crippen LogP contribution in [0.1, 0.15) is 18.1 Å². The largest absolute Gasteiger partial charge is 0.494 e. The summed E-state index contributed by atoms with van der Waals surface area (Å²) >= 11 is 6.16. The predicted molar refractivity (Wildman–Crippen MR) is 96.1 cm³/mol. The molecular formula is C18H22ClN3O. The van der Waals surface area contributed by atoms with E-state index < -0.39 is 0 Å². The third-order valence-electron chi connectivity index (χ3n) is 3.30. The predicted octanol–water partition coefficient (Wildman–Crippen LogP) is 3.60. The van der Waals surface area contributed by atoms with Crippen molar-refractivity contribution in [3.05, 3.63) is 64.7 Å². The molecule has 0 atom stereocenters. The molecule has 0 saturated carbocycles. The Morgan fingerprint density at radius 2 is 1.87 bits per heavy atom. The van der Waals surface area contributed by atoms with Crippen LogP contribution >= 0.6 is 11.6 Å². The third kappa shape index (κ3) is 5.49. The van der Waals surface area contributed by atoms with Crippen LogP contribution in [0.2, 0.25) is 5.02 Å². The summed E-state index contributed by atoms with van der Waals surface area (Å²) in [6, 6.07) is 15.8. The number of nitrogens with zero attached hydrogens (tertiary/aromatic N) is 1. The zero-order valence-electron chi connectivity index (χ0n) is 13.5. The highest BCUT2D eigenvalue weighted by Crippen LogP contribution is 2.14. The van der Waals surface area contributed by atoms with Gasteiger partial charge in [0, 0.05) is 25.2 Å². The summed E-state index contributed by atoms with van der Waals surface area (Å²) in [4.78, 5) is 4.23. The van der Waals surface area contributed by atoms with Gasteiger partial charge in [0.2, 0.25) is 0 Å². The molecular weight excluding hydrogens is 310 g/mol. The fourth-order valence-corrected chi connectivity index (χ4v) is 2.34. The number of guanidine groups is 1. The smallest absolute Gasteiger partial charge is 0.191 e. The Kier molecular flexibility index (Phi) is 6.76. The summed E-state index contributed by atoms with van der Waals surface area (Å²) < 4.78 is 5.51.